The van der Waals surface area contributed by atoms with Crippen molar-refractivity contribution >= 4 is 33.0 Å². The van der Waals surface area contributed by atoms with Crippen LogP contribution in [0.1, 0.15) is 30.5 Å². The molecule has 8 nitrogen and oxygen atoms in total. The molecule has 1 amide bonds. The number of aryl methyl sites for hydroxylation is 2. The van der Waals surface area contributed by atoms with E-state index in [9.17, 15) is 13.2 Å². The number of para-hydroxylation sites is 1. The highest BCUT2D eigenvalue weighted by Gasteiger charge is 2.35. The van der Waals surface area contributed by atoms with Gasteiger partial charge in [-0.3, -0.25) is 4.79 Å². The topological polar surface area (TPSA) is 105 Å². The van der Waals surface area contributed by atoms with Crippen molar-refractivity contribution in [2.75, 3.05) is 18.4 Å². The first-order chi connectivity index (χ1) is 14.9. The van der Waals surface area contributed by atoms with Crippen LogP contribution < -0.4 is 5.32 Å². The van der Waals surface area contributed by atoms with Crippen LogP contribution in [0, 0.1) is 12.8 Å². The van der Waals surface area contributed by atoms with Crippen LogP contribution in [0.3, 0.4) is 0 Å². The number of thiophene rings is 1. The number of amides is 1. The Hall–Kier alpha value is -2.56. The summed E-state index contributed by atoms with van der Waals surface area (Å²) in [5.74, 6) is 0.345. The number of aromatic nitrogens is 2. The molecule has 1 saturated heterocycles. The lowest BCUT2D eigenvalue weighted by molar-refractivity contribution is -0.120. The van der Waals surface area contributed by atoms with Gasteiger partial charge in [0.25, 0.3) is 0 Å². The molecule has 0 saturated carbocycles. The minimum atomic E-state index is -3.74. The Morgan fingerprint density at radius 3 is 2.81 bits per heavy atom. The van der Waals surface area contributed by atoms with Gasteiger partial charge in [-0.2, -0.15) is 9.29 Å². The van der Waals surface area contributed by atoms with Crippen molar-refractivity contribution in [3.63, 3.8) is 0 Å². The van der Waals surface area contributed by atoms with Crippen LogP contribution in [-0.4, -0.2) is 41.9 Å². The number of rotatable bonds is 6. The van der Waals surface area contributed by atoms with E-state index in [1.807, 2.05) is 37.3 Å². The van der Waals surface area contributed by atoms with Crippen LogP contribution in [-0.2, 0) is 21.2 Å². The van der Waals surface area contributed by atoms with Gasteiger partial charge in [0.15, 0.2) is 0 Å². The highest BCUT2D eigenvalue weighted by molar-refractivity contribution is 7.89. The number of carbonyl (C=O) groups excluding carboxylic acids is 1. The maximum atomic E-state index is 13.4. The van der Waals surface area contributed by atoms with Crippen LogP contribution in [0.2, 0.25) is 0 Å². The van der Waals surface area contributed by atoms with Crippen LogP contribution in [0.15, 0.2) is 45.8 Å². The van der Waals surface area contributed by atoms with E-state index in [0.29, 0.717) is 53.0 Å². The third kappa shape index (κ3) is 4.56. The lowest BCUT2D eigenvalue weighted by Gasteiger charge is -2.31. The second kappa shape index (κ2) is 8.89. The molecule has 0 radical (unpaired) electrons. The molecule has 3 heterocycles. The summed E-state index contributed by atoms with van der Waals surface area (Å²) in [6.45, 7) is 4.23. The summed E-state index contributed by atoms with van der Waals surface area (Å²) in [6, 6.07) is 10.8. The van der Waals surface area contributed by atoms with E-state index in [0.717, 1.165) is 0 Å². The third-order valence-corrected chi connectivity index (χ3v) is 8.44. The molecule has 164 valence electrons. The first-order valence-corrected chi connectivity index (χ1v) is 12.4. The van der Waals surface area contributed by atoms with E-state index in [1.54, 1.807) is 13.0 Å². The van der Waals surface area contributed by atoms with Crippen LogP contribution in [0.4, 0.5) is 5.69 Å². The largest absolute Gasteiger partial charge is 0.339 e. The summed E-state index contributed by atoms with van der Waals surface area (Å²) < 4.78 is 33.3. The molecule has 0 bridgehead atoms. The molecule has 3 aromatic rings. The van der Waals surface area contributed by atoms with Gasteiger partial charge in [-0.15, -0.1) is 11.3 Å². The van der Waals surface area contributed by atoms with Crippen molar-refractivity contribution in [1.82, 2.24) is 14.4 Å². The zero-order chi connectivity index (χ0) is 22.0. The third-order valence-electron chi connectivity index (χ3n) is 5.28. The lowest BCUT2D eigenvalue weighted by atomic mass is 9.99. The number of benzene rings is 1. The van der Waals surface area contributed by atoms with Gasteiger partial charge in [0, 0.05) is 30.1 Å². The summed E-state index contributed by atoms with van der Waals surface area (Å²) in [6.07, 6.45) is 1.90. The zero-order valence-corrected chi connectivity index (χ0v) is 19.0. The fourth-order valence-corrected chi connectivity index (χ4v) is 6.62. The Morgan fingerprint density at radius 1 is 1.32 bits per heavy atom. The van der Waals surface area contributed by atoms with E-state index in [4.69, 9.17) is 4.52 Å². The standard InChI is InChI=1S/C21H24N4O4S2/c1-3-19-23-20(24-29-19)17-12-18(14(2)30-17)31(27,28)25-11-7-8-15(13-25)21(26)22-16-9-5-4-6-10-16/h4-6,9-10,12,15H,3,7-8,11,13H2,1-2H3,(H,22,26). The quantitative estimate of drug-likeness (QED) is 0.601. The molecule has 31 heavy (non-hydrogen) atoms. The predicted octanol–water partition coefficient (Wildman–Crippen LogP) is 3.71. The van der Waals surface area contributed by atoms with E-state index in [2.05, 4.69) is 15.5 Å². The van der Waals surface area contributed by atoms with Crippen molar-refractivity contribution in [2.45, 2.75) is 38.0 Å². The Balaban J connectivity index is 1.52. The molecule has 1 fully saturated rings. The van der Waals surface area contributed by atoms with E-state index in [1.165, 1.54) is 15.6 Å². The van der Waals surface area contributed by atoms with E-state index >= 15 is 0 Å². The molecule has 1 unspecified atom stereocenters. The smallest absolute Gasteiger partial charge is 0.244 e. The van der Waals surface area contributed by atoms with Gasteiger partial charge < -0.3 is 9.84 Å². The number of carbonyl (C=O) groups is 1. The van der Waals surface area contributed by atoms with Crippen molar-refractivity contribution in [3.8, 4) is 10.7 Å². The molecule has 1 aliphatic rings. The number of hydrogen-bond donors (Lipinski definition) is 1. The number of piperidine rings is 1. The molecule has 0 spiro atoms. The maximum absolute atomic E-state index is 13.4. The Morgan fingerprint density at radius 2 is 2.10 bits per heavy atom. The fourth-order valence-electron chi connectivity index (χ4n) is 3.61. The summed E-state index contributed by atoms with van der Waals surface area (Å²) in [4.78, 5) is 18.5. The van der Waals surface area contributed by atoms with Crippen LogP contribution >= 0.6 is 11.3 Å². The summed E-state index contributed by atoms with van der Waals surface area (Å²) >= 11 is 1.32. The Kier molecular flexibility index (Phi) is 6.22. The zero-order valence-electron chi connectivity index (χ0n) is 17.4. The van der Waals surface area contributed by atoms with Gasteiger partial charge >= 0.3 is 0 Å². The first-order valence-electron chi connectivity index (χ1n) is 10.2. The molecule has 1 aromatic carbocycles. The number of anilines is 1. The van der Waals surface area contributed by atoms with Gasteiger partial charge in [0.1, 0.15) is 0 Å². The molecule has 1 aliphatic heterocycles. The predicted molar refractivity (Wildman–Crippen MR) is 118 cm³/mol. The second-order valence-corrected chi connectivity index (χ2v) is 10.6. The summed E-state index contributed by atoms with van der Waals surface area (Å²) in [5.41, 5.74) is 0.706. The highest BCUT2D eigenvalue weighted by atomic mass is 32.2. The van der Waals surface area contributed by atoms with Crippen LogP contribution in [0.5, 0.6) is 0 Å². The van der Waals surface area contributed by atoms with Crippen molar-refractivity contribution < 1.29 is 17.7 Å². The SMILES string of the molecule is CCc1nc(-c2cc(S(=O)(=O)N3CCCC(C(=O)Nc4ccccc4)C3)c(C)s2)no1. The van der Waals surface area contributed by atoms with Crippen molar-refractivity contribution in [2.24, 2.45) is 5.92 Å². The van der Waals surface area contributed by atoms with Gasteiger partial charge in [0.2, 0.25) is 27.6 Å². The summed E-state index contributed by atoms with van der Waals surface area (Å²) in [7, 11) is -3.74. The fraction of sp³-hybridized carbons (Fsp3) is 0.381. The van der Waals surface area contributed by atoms with Gasteiger partial charge in [0.05, 0.1) is 15.7 Å². The number of nitrogens with zero attached hydrogens (tertiary/aromatic N) is 3. The number of hydrogen-bond acceptors (Lipinski definition) is 7. The second-order valence-electron chi connectivity index (χ2n) is 7.45. The number of sulfonamides is 1. The maximum Gasteiger partial charge on any atom is 0.244 e. The molecular formula is C21H24N4O4S2. The Labute approximate surface area is 185 Å². The summed E-state index contributed by atoms with van der Waals surface area (Å²) in [5, 5.41) is 6.83. The molecule has 0 aliphatic carbocycles. The lowest BCUT2D eigenvalue weighted by Crippen LogP contribution is -2.43. The van der Waals surface area contributed by atoms with Gasteiger partial charge in [-0.25, -0.2) is 8.42 Å². The average Bonchev–Trinajstić information content (AvgIpc) is 3.41. The molecule has 1 atom stereocenters. The average molecular weight is 461 g/mol. The van der Waals surface area contributed by atoms with E-state index in [-0.39, 0.29) is 17.3 Å². The van der Waals surface area contributed by atoms with Gasteiger partial charge in [-0.05, 0) is 38.0 Å². The van der Waals surface area contributed by atoms with Gasteiger partial charge in [-0.1, -0.05) is 30.3 Å². The van der Waals surface area contributed by atoms with Crippen molar-refractivity contribution in [3.05, 3.63) is 47.2 Å². The molecular weight excluding hydrogens is 436 g/mol. The number of nitrogens with one attached hydrogen (secondary N) is 1. The first kappa shape index (κ1) is 21.7. The van der Waals surface area contributed by atoms with E-state index < -0.39 is 15.9 Å². The van der Waals surface area contributed by atoms with Crippen molar-refractivity contribution in [1.29, 1.82) is 0 Å². The minimum Gasteiger partial charge on any atom is -0.339 e. The Bertz CT molecular complexity index is 1170. The van der Waals surface area contributed by atoms with Crippen LogP contribution in [0.25, 0.3) is 10.7 Å². The minimum absolute atomic E-state index is 0.160. The highest BCUT2D eigenvalue weighted by Crippen LogP contribution is 2.35. The molecule has 1 N–H and O–H groups in total. The molecule has 10 heteroatoms. The molecule has 4 rings (SSSR count). The molecule has 2 aromatic heterocycles. The normalized spacial score (nSPS) is 17.5. The monoisotopic (exact) mass is 460 g/mol.